The van der Waals surface area contributed by atoms with Gasteiger partial charge in [-0.15, -0.1) is 0 Å². The van der Waals surface area contributed by atoms with E-state index in [0.717, 1.165) is 12.0 Å². The lowest BCUT2D eigenvalue weighted by Crippen LogP contribution is -2.59. The lowest BCUT2D eigenvalue weighted by Gasteiger charge is -2.32. The number of rotatable bonds is 4. The summed E-state index contributed by atoms with van der Waals surface area (Å²) in [7, 11) is 1.34. The van der Waals surface area contributed by atoms with Crippen molar-refractivity contribution in [2.45, 2.75) is 31.3 Å². The Morgan fingerprint density at radius 3 is 2.59 bits per heavy atom. The molecule has 0 aliphatic carbocycles. The number of carbonyl (C=O) groups excluding carboxylic acids is 2. The van der Waals surface area contributed by atoms with E-state index in [0.29, 0.717) is 18.6 Å². The van der Waals surface area contributed by atoms with Gasteiger partial charge in [-0.1, -0.05) is 12.1 Å². The number of esters is 1. The molecule has 0 aromatic heterocycles. The molecule has 1 fully saturated rings. The van der Waals surface area contributed by atoms with Crippen molar-refractivity contribution in [1.82, 2.24) is 5.32 Å². The zero-order valence-electron chi connectivity index (χ0n) is 12.9. The Bertz CT molecular complexity index is 536. The highest BCUT2D eigenvalue weighted by Gasteiger charge is 2.36. The van der Waals surface area contributed by atoms with Gasteiger partial charge in [-0.3, -0.25) is 4.79 Å². The van der Waals surface area contributed by atoms with Gasteiger partial charge in [0.2, 0.25) is 5.91 Å². The van der Waals surface area contributed by atoms with Crippen LogP contribution in [0.15, 0.2) is 24.3 Å². The summed E-state index contributed by atoms with van der Waals surface area (Å²) in [6, 6.07) is 6.72. The molecular weight excluding hydrogens is 284 g/mol. The maximum Gasteiger partial charge on any atom is 0.337 e. The fraction of sp³-hybridized carbons (Fsp3) is 0.500. The zero-order valence-corrected chi connectivity index (χ0v) is 12.9. The molecule has 0 saturated carbocycles. The fourth-order valence-electron chi connectivity index (χ4n) is 2.44. The van der Waals surface area contributed by atoms with Crippen molar-refractivity contribution in [2.75, 3.05) is 20.3 Å². The first-order chi connectivity index (χ1) is 10.5. The highest BCUT2D eigenvalue weighted by atomic mass is 16.5. The van der Waals surface area contributed by atoms with Gasteiger partial charge < -0.3 is 20.5 Å². The van der Waals surface area contributed by atoms with Gasteiger partial charge in [0.15, 0.2) is 0 Å². The van der Waals surface area contributed by atoms with Gasteiger partial charge in [0.25, 0.3) is 0 Å². The number of nitrogens with one attached hydrogen (secondary N) is 1. The second-order valence-corrected chi connectivity index (χ2v) is 5.62. The number of hydrogen-bond donors (Lipinski definition) is 2. The van der Waals surface area contributed by atoms with Crippen LogP contribution in [0, 0.1) is 0 Å². The summed E-state index contributed by atoms with van der Waals surface area (Å²) < 4.78 is 9.97. The minimum atomic E-state index is -0.960. The predicted molar refractivity (Wildman–Crippen MR) is 81.3 cm³/mol. The average molecular weight is 306 g/mol. The maximum atomic E-state index is 12.3. The van der Waals surface area contributed by atoms with E-state index in [1.54, 1.807) is 24.3 Å². The van der Waals surface area contributed by atoms with E-state index >= 15 is 0 Å². The molecule has 1 unspecified atom stereocenters. The summed E-state index contributed by atoms with van der Waals surface area (Å²) in [4.78, 5) is 23.7. The third-order valence-electron chi connectivity index (χ3n) is 3.90. The van der Waals surface area contributed by atoms with Gasteiger partial charge in [-0.2, -0.15) is 0 Å². The van der Waals surface area contributed by atoms with Crippen molar-refractivity contribution in [2.24, 2.45) is 5.73 Å². The van der Waals surface area contributed by atoms with Crippen LogP contribution < -0.4 is 11.1 Å². The first-order valence-corrected chi connectivity index (χ1v) is 7.32. The molecular formula is C16H22N2O4. The van der Waals surface area contributed by atoms with Gasteiger partial charge in [-0.25, -0.2) is 4.79 Å². The van der Waals surface area contributed by atoms with Crippen LogP contribution in [0.4, 0.5) is 0 Å². The van der Waals surface area contributed by atoms with Crippen LogP contribution in [-0.2, 0) is 14.3 Å². The molecule has 1 amide bonds. The zero-order chi connectivity index (χ0) is 16.2. The van der Waals surface area contributed by atoms with Gasteiger partial charge in [-0.05, 0) is 37.5 Å². The van der Waals surface area contributed by atoms with E-state index in [1.165, 1.54) is 7.11 Å². The van der Waals surface area contributed by atoms with Crippen LogP contribution in [0.1, 0.15) is 41.7 Å². The Hall–Kier alpha value is -1.92. The first-order valence-electron chi connectivity index (χ1n) is 7.32. The average Bonchev–Trinajstić information content (AvgIpc) is 2.54. The second-order valence-electron chi connectivity index (χ2n) is 5.62. The van der Waals surface area contributed by atoms with Crippen molar-refractivity contribution in [3.8, 4) is 0 Å². The Kier molecular flexibility index (Phi) is 5.15. The summed E-state index contributed by atoms with van der Waals surface area (Å²) in [5, 5.41) is 2.91. The largest absolute Gasteiger partial charge is 0.465 e. The third-order valence-corrected chi connectivity index (χ3v) is 3.90. The van der Waals surface area contributed by atoms with Gasteiger partial charge >= 0.3 is 5.97 Å². The lowest BCUT2D eigenvalue weighted by molar-refractivity contribution is -0.131. The molecule has 2 atom stereocenters. The molecule has 0 radical (unpaired) electrons. The van der Waals surface area contributed by atoms with Crippen LogP contribution in [0.2, 0.25) is 0 Å². The van der Waals surface area contributed by atoms with Crippen molar-refractivity contribution in [3.05, 3.63) is 35.4 Å². The van der Waals surface area contributed by atoms with Crippen LogP contribution in [-0.4, -0.2) is 37.7 Å². The van der Waals surface area contributed by atoms with Crippen molar-refractivity contribution in [1.29, 1.82) is 0 Å². The number of ether oxygens (including phenoxy) is 2. The van der Waals surface area contributed by atoms with E-state index in [9.17, 15) is 9.59 Å². The second kappa shape index (κ2) is 6.89. The number of benzene rings is 1. The van der Waals surface area contributed by atoms with Gasteiger partial charge in [0.1, 0.15) is 5.54 Å². The first kappa shape index (κ1) is 16.5. The number of methoxy groups -OCH3 is 1. The number of nitrogens with two attached hydrogens (primary N) is 1. The van der Waals surface area contributed by atoms with E-state index < -0.39 is 5.54 Å². The SMILES string of the molecule is COC(=O)c1ccc([C@H](C)NC(=O)C2(N)CCCOC2)cc1. The highest BCUT2D eigenvalue weighted by Crippen LogP contribution is 2.19. The molecule has 6 nitrogen and oxygen atoms in total. The van der Waals surface area contributed by atoms with E-state index in [1.807, 2.05) is 6.92 Å². The quantitative estimate of drug-likeness (QED) is 0.815. The summed E-state index contributed by atoms with van der Waals surface area (Å²) in [6.45, 7) is 2.77. The molecule has 1 aromatic rings. The van der Waals surface area contributed by atoms with Crippen molar-refractivity contribution >= 4 is 11.9 Å². The molecule has 1 saturated heterocycles. The van der Waals surface area contributed by atoms with Gasteiger partial charge in [0, 0.05) is 6.61 Å². The molecule has 6 heteroatoms. The Labute approximate surface area is 130 Å². The minimum absolute atomic E-state index is 0.207. The van der Waals surface area contributed by atoms with Crippen LogP contribution >= 0.6 is 0 Å². The molecule has 1 aliphatic rings. The topological polar surface area (TPSA) is 90.7 Å². The maximum absolute atomic E-state index is 12.3. The van der Waals surface area contributed by atoms with Crippen LogP contribution in [0.3, 0.4) is 0 Å². The molecule has 1 aliphatic heterocycles. The van der Waals surface area contributed by atoms with Crippen LogP contribution in [0.5, 0.6) is 0 Å². The highest BCUT2D eigenvalue weighted by molar-refractivity contribution is 5.89. The molecule has 3 N–H and O–H groups in total. The number of carbonyl (C=O) groups is 2. The lowest BCUT2D eigenvalue weighted by atomic mass is 9.92. The summed E-state index contributed by atoms with van der Waals surface area (Å²) in [6.07, 6.45) is 1.40. The predicted octanol–water partition coefficient (Wildman–Crippen LogP) is 1.16. The fourth-order valence-corrected chi connectivity index (χ4v) is 2.44. The molecule has 0 spiro atoms. The molecule has 0 bridgehead atoms. The number of amides is 1. The van der Waals surface area contributed by atoms with E-state index in [-0.39, 0.29) is 24.5 Å². The molecule has 1 aromatic carbocycles. The monoisotopic (exact) mass is 306 g/mol. The molecule has 22 heavy (non-hydrogen) atoms. The van der Waals surface area contributed by atoms with Gasteiger partial charge in [0.05, 0.1) is 25.3 Å². The Balaban J connectivity index is 2.00. The van der Waals surface area contributed by atoms with Crippen LogP contribution in [0.25, 0.3) is 0 Å². The Morgan fingerprint density at radius 1 is 1.36 bits per heavy atom. The minimum Gasteiger partial charge on any atom is -0.465 e. The Morgan fingerprint density at radius 2 is 2.05 bits per heavy atom. The van der Waals surface area contributed by atoms with E-state index in [2.05, 4.69) is 10.1 Å². The van der Waals surface area contributed by atoms with E-state index in [4.69, 9.17) is 10.5 Å². The molecule has 1 heterocycles. The summed E-state index contributed by atoms with van der Waals surface area (Å²) in [5.41, 5.74) is 6.52. The molecule has 120 valence electrons. The normalized spacial score (nSPS) is 22.7. The smallest absolute Gasteiger partial charge is 0.337 e. The number of hydrogen-bond acceptors (Lipinski definition) is 5. The van der Waals surface area contributed by atoms with Crippen molar-refractivity contribution < 1.29 is 19.1 Å². The summed E-state index contributed by atoms with van der Waals surface area (Å²) in [5.74, 6) is -0.597. The standard InChI is InChI=1S/C16H22N2O4/c1-11(12-4-6-13(7-5-12)14(19)21-2)18-15(20)16(17)8-3-9-22-10-16/h4-7,11H,3,8-10,17H2,1-2H3,(H,18,20)/t11-,16?/m0/s1. The van der Waals surface area contributed by atoms with Crippen molar-refractivity contribution in [3.63, 3.8) is 0 Å². The summed E-state index contributed by atoms with van der Waals surface area (Å²) >= 11 is 0. The molecule has 2 rings (SSSR count). The third kappa shape index (κ3) is 3.64.